The van der Waals surface area contributed by atoms with Gasteiger partial charge in [-0.2, -0.15) is 5.26 Å². The van der Waals surface area contributed by atoms with Crippen molar-refractivity contribution >= 4 is 28.9 Å². The Hall–Kier alpha value is -2.51. The lowest BCUT2D eigenvalue weighted by atomic mass is 9.96. The first-order valence-corrected chi connectivity index (χ1v) is 8.35. The van der Waals surface area contributed by atoms with Crippen molar-refractivity contribution in [1.29, 1.82) is 5.26 Å². The molecule has 1 fully saturated rings. The number of carbonyl (C=O) groups is 1. The van der Waals surface area contributed by atoms with Gasteiger partial charge in [-0.1, -0.05) is 17.7 Å². The van der Waals surface area contributed by atoms with Crippen molar-refractivity contribution in [2.75, 3.05) is 23.3 Å². The Bertz CT molecular complexity index is 767. The molecule has 4 nitrogen and oxygen atoms in total. The van der Waals surface area contributed by atoms with E-state index in [1.807, 2.05) is 18.2 Å². The van der Waals surface area contributed by atoms with Crippen molar-refractivity contribution in [1.82, 2.24) is 0 Å². The maximum atomic E-state index is 12.5. The summed E-state index contributed by atoms with van der Waals surface area (Å²) in [5.41, 5.74) is 2.39. The molecule has 0 bridgehead atoms. The Morgan fingerprint density at radius 3 is 2.79 bits per heavy atom. The van der Waals surface area contributed by atoms with Crippen molar-refractivity contribution in [2.24, 2.45) is 5.92 Å². The topological polar surface area (TPSA) is 56.1 Å². The Kier molecular flexibility index (Phi) is 5.02. The molecule has 0 aliphatic carbocycles. The SMILES string of the molecule is N#Cc1cccc(N2CCCC(C(=O)Nc3ccc(Cl)cc3)C2)c1. The zero-order chi connectivity index (χ0) is 16.9. The smallest absolute Gasteiger partial charge is 0.229 e. The Balaban J connectivity index is 1.67. The van der Waals surface area contributed by atoms with Gasteiger partial charge < -0.3 is 10.2 Å². The number of amides is 1. The van der Waals surface area contributed by atoms with Gasteiger partial charge in [0.1, 0.15) is 0 Å². The van der Waals surface area contributed by atoms with E-state index in [1.165, 1.54) is 0 Å². The van der Waals surface area contributed by atoms with Crippen LogP contribution in [0.4, 0.5) is 11.4 Å². The number of hydrogen-bond acceptors (Lipinski definition) is 3. The first-order chi connectivity index (χ1) is 11.7. The fourth-order valence-electron chi connectivity index (χ4n) is 2.98. The van der Waals surface area contributed by atoms with Crippen molar-refractivity contribution < 1.29 is 4.79 Å². The molecule has 1 aliphatic heterocycles. The fraction of sp³-hybridized carbons (Fsp3) is 0.263. The van der Waals surface area contributed by atoms with Crippen LogP contribution in [0.2, 0.25) is 5.02 Å². The van der Waals surface area contributed by atoms with E-state index < -0.39 is 0 Å². The van der Waals surface area contributed by atoms with Gasteiger partial charge in [-0.05, 0) is 55.3 Å². The first-order valence-electron chi connectivity index (χ1n) is 7.97. The number of nitrogens with zero attached hydrogens (tertiary/aromatic N) is 2. The summed E-state index contributed by atoms with van der Waals surface area (Å²) in [5, 5.41) is 12.6. The predicted molar refractivity (Wildman–Crippen MR) is 96.2 cm³/mol. The van der Waals surface area contributed by atoms with Crippen LogP contribution in [0, 0.1) is 17.2 Å². The third-order valence-electron chi connectivity index (χ3n) is 4.24. The molecule has 2 aromatic carbocycles. The van der Waals surface area contributed by atoms with Gasteiger partial charge in [0, 0.05) is 29.5 Å². The zero-order valence-corrected chi connectivity index (χ0v) is 14.0. The molecule has 1 atom stereocenters. The molecular formula is C19H18ClN3O. The van der Waals surface area contributed by atoms with Crippen LogP contribution in [0.3, 0.4) is 0 Å². The van der Waals surface area contributed by atoms with E-state index >= 15 is 0 Å². The van der Waals surface area contributed by atoms with Gasteiger partial charge in [0.15, 0.2) is 0 Å². The van der Waals surface area contributed by atoms with Crippen molar-refractivity contribution in [3.8, 4) is 6.07 Å². The molecule has 0 spiro atoms. The van der Waals surface area contributed by atoms with Gasteiger partial charge in [-0.3, -0.25) is 4.79 Å². The first kappa shape index (κ1) is 16.4. The highest BCUT2D eigenvalue weighted by Crippen LogP contribution is 2.25. The molecule has 24 heavy (non-hydrogen) atoms. The summed E-state index contributed by atoms with van der Waals surface area (Å²) in [6.45, 7) is 1.56. The highest BCUT2D eigenvalue weighted by atomic mass is 35.5. The van der Waals surface area contributed by atoms with E-state index in [2.05, 4.69) is 16.3 Å². The Morgan fingerprint density at radius 1 is 1.25 bits per heavy atom. The number of carbonyl (C=O) groups excluding carboxylic acids is 1. The van der Waals surface area contributed by atoms with E-state index in [0.717, 1.165) is 30.8 Å². The molecule has 0 aromatic heterocycles. The van der Waals surface area contributed by atoms with Crippen LogP contribution in [0.1, 0.15) is 18.4 Å². The van der Waals surface area contributed by atoms with Crippen LogP contribution in [0.15, 0.2) is 48.5 Å². The number of anilines is 2. The van der Waals surface area contributed by atoms with Gasteiger partial charge in [-0.15, -0.1) is 0 Å². The molecule has 3 rings (SSSR count). The lowest BCUT2D eigenvalue weighted by Gasteiger charge is -2.33. The summed E-state index contributed by atoms with van der Waals surface area (Å²) in [5.74, 6) is -0.0429. The molecule has 5 heteroatoms. The third-order valence-corrected chi connectivity index (χ3v) is 4.50. The number of halogens is 1. The second kappa shape index (κ2) is 7.37. The van der Waals surface area contributed by atoms with Gasteiger partial charge >= 0.3 is 0 Å². The normalized spacial score (nSPS) is 17.2. The quantitative estimate of drug-likeness (QED) is 0.917. The summed E-state index contributed by atoms with van der Waals surface area (Å²) in [7, 11) is 0. The Morgan fingerprint density at radius 2 is 2.04 bits per heavy atom. The van der Waals surface area contributed by atoms with Crippen molar-refractivity contribution in [3.05, 3.63) is 59.1 Å². The minimum atomic E-state index is -0.0693. The monoisotopic (exact) mass is 339 g/mol. The maximum Gasteiger partial charge on any atom is 0.229 e. The standard InChI is InChI=1S/C19H18ClN3O/c20-16-6-8-17(9-7-16)22-19(24)15-4-2-10-23(13-15)18-5-1-3-14(11-18)12-21/h1,3,5-9,11,15H,2,4,10,13H2,(H,22,24). The van der Waals surface area contributed by atoms with Crippen molar-refractivity contribution in [3.63, 3.8) is 0 Å². The van der Waals surface area contributed by atoms with E-state index in [1.54, 1.807) is 30.3 Å². The minimum Gasteiger partial charge on any atom is -0.371 e. The molecule has 2 aromatic rings. The van der Waals surface area contributed by atoms with Crippen molar-refractivity contribution in [2.45, 2.75) is 12.8 Å². The van der Waals surface area contributed by atoms with E-state index in [-0.39, 0.29) is 11.8 Å². The average molecular weight is 340 g/mol. The summed E-state index contributed by atoms with van der Waals surface area (Å²) in [4.78, 5) is 14.7. The highest BCUT2D eigenvalue weighted by Gasteiger charge is 2.26. The fourth-order valence-corrected chi connectivity index (χ4v) is 3.10. The summed E-state index contributed by atoms with van der Waals surface area (Å²) >= 11 is 5.87. The number of nitrogens with one attached hydrogen (secondary N) is 1. The molecule has 1 aliphatic rings. The molecule has 0 saturated carbocycles. The molecule has 1 amide bonds. The largest absolute Gasteiger partial charge is 0.371 e. The van der Waals surface area contributed by atoms with Crippen LogP contribution in [0.25, 0.3) is 0 Å². The maximum absolute atomic E-state index is 12.5. The predicted octanol–water partition coefficient (Wildman–Crippen LogP) is 4.07. The highest BCUT2D eigenvalue weighted by molar-refractivity contribution is 6.30. The number of benzene rings is 2. The number of hydrogen-bond donors (Lipinski definition) is 1. The van der Waals surface area contributed by atoms with Gasteiger partial charge in [-0.25, -0.2) is 0 Å². The van der Waals surface area contributed by atoms with Gasteiger partial charge in [0.2, 0.25) is 5.91 Å². The molecule has 0 radical (unpaired) electrons. The third kappa shape index (κ3) is 3.87. The lowest BCUT2D eigenvalue weighted by Crippen LogP contribution is -2.40. The van der Waals surface area contributed by atoms with Crippen LogP contribution in [-0.2, 0) is 4.79 Å². The summed E-state index contributed by atoms with van der Waals surface area (Å²) in [6, 6.07) is 16.8. The molecule has 1 heterocycles. The van der Waals surface area contributed by atoms with E-state index in [0.29, 0.717) is 17.1 Å². The Labute approximate surface area is 146 Å². The number of piperidine rings is 1. The molecule has 1 N–H and O–H groups in total. The molecule has 122 valence electrons. The molecular weight excluding hydrogens is 322 g/mol. The molecule has 1 unspecified atom stereocenters. The van der Waals surface area contributed by atoms with E-state index in [9.17, 15) is 4.79 Å². The second-order valence-electron chi connectivity index (χ2n) is 5.94. The average Bonchev–Trinajstić information content (AvgIpc) is 2.64. The minimum absolute atomic E-state index is 0.0264. The second-order valence-corrected chi connectivity index (χ2v) is 6.38. The van der Waals surface area contributed by atoms with Crippen LogP contribution in [0.5, 0.6) is 0 Å². The number of rotatable bonds is 3. The van der Waals surface area contributed by atoms with Crippen LogP contribution < -0.4 is 10.2 Å². The lowest BCUT2D eigenvalue weighted by molar-refractivity contribution is -0.120. The van der Waals surface area contributed by atoms with Crippen LogP contribution in [-0.4, -0.2) is 19.0 Å². The van der Waals surface area contributed by atoms with Gasteiger partial charge in [0.25, 0.3) is 0 Å². The summed E-state index contributed by atoms with van der Waals surface area (Å²) in [6.07, 6.45) is 1.82. The zero-order valence-electron chi connectivity index (χ0n) is 13.2. The van der Waals surface area contributed by atoms with E-state index in [4.69, 9.17) is 16.9 Å². The van der Waals surface area contributed by atoms with Crippen LogP contribution >= 0.6 is 11.6 Å². The van der Waals surface area contributed by atoms with Gasteiger partial charge in [0.05, 0.1) is 17.6 Å². The number of nitriles is 1. The molecule has 1 saturated heterocycles. The summed E-state index contributed by atoms with van der Waals surface area (Å²) < 4.78 is 0.